The normalized spacial score (nSPS) is 27.4. The number of rotatable bonds is 4. The van der Waals surface area contributed by atoms with Crippen LogP contribution in [0.15, 0.2) is 24.3 Å². The number of hydrogen-bond acceptors (Lipinski definition) is 4. The Balaban J connectivity index is 1.43. The molecule has 3 aliphatic rings. The minimum atomic E-state index is -0.0414. The van der Waals surface area contributed by atoms with Gasteiger partial charge in [-0.1, -0.05) is 18.2 Å². The van der Waals surface area contributed by atoms with Crippen molar-refractivity contribution in [1.29, 1.82) is 0 Å². The first-order chi connectivity index (χ1) is 11.7. The molecule has 0 radical (unpaired) electrons. The molecule has 5 heteroatoms. The molecule has 1 spiro atoms. The number of nitrogens with one attached hydrogen (secondary N) is 1. The standard InChI is InChI=1S/C19H26N2O2S/c1-21(14-7-10-24-13-14)12-18(22)20-16-11-19(8-4-9-19)23-17-6-3-2-5-15(16)17/h2-3,5-6,14,16H,4,7-13H2,1H3,(H,20,22)/t14-,16+/m1/s1. The van der Waals surface area contributed by atoms with Crippen molar-refractivity contribution in [3.63, 3.8) is 0 Å². The molecule has 4 rings (SSSR count). The summed E-state index contributed by atoms with van der Waals surface area (Å²) in [5.74, 6) is 3.44. The van der Waals surface area contributed by atoms with Gasteiger partial charge in [0.2, 0.25) is 5.91 Å². The molecule has 1 aliphatic carbocycles. The van der Waals surface area contributed by atoms with Gasteiger partial charge in [0.05, 0.1) is 12.6 Å². The summed E-state index contributed by atoms with van der Waals surface area (Å²) in [6.07, 6.45) is 5.53. The number of hydrogen-bond donors (Lipinski definition) is 1. The lowest BCUT2D eigenvalue weighted by Gasteiger charge is -2.48. The minimum absolute atomic E-state index is 0.0414. The third-order valence-electron chi connectivity index (χ3n) is 5.72. The van der Waals surface area contributed by atoms with E-state index in [0.29, 0.717) is 12.6 Å². The number of nitrogens with zero attached hydrogens (tertiary/aromatic N) is 1. The highest BCUT2D eigenvalue weighted by molar-refractivity contribution is 7.99. The van der Waals surface area contributed by atoms with Gasteiger partial charge in [-0.3, -0.25) is 9.69 Å². The number of carbonyl (C=O) groups excluding carboxylic acids is 1. The zero-order valence-corrected chi connectivity index (χ0v) is 15.1. The zero-order valence-electron chi connectivity index (χ0n) is 14.3. The molecule has 2 fully saturated rings. The highest BCUT2D eigenvalue weighted by Gasteiger charge is 2.45. The topological polar surface area (TPSA) is 41.6 Å². The van der Waals surface area contributed by atoms with Crippen LogP contribution in [-0.4, -0.2) is 47.5 Å². The number of benzene rings is 1. The third kappa shape index (κ3) is 3.16. The fraction of sp³-hybridized carbons (Fsp3) is 0.632. The van der Waals surface area contributed by atoms with Crippen molar-refractivity contribution in [3.05, 3.63) is 29.8 Å². The average molecular weight is 346 g/mol. The van der Waals surface area contributed by atoms with E-state index >= 15 is 0 Å². The molecule has 1 aromatic rings. The number of likely N-dealkylation sites (N-methyl/N-ethyl adjacent to an activating group) is 1. The van der Waals surface area contributed by atoms with Crippen molar-refractivity contribution < 1.29 is 9.53 Å². The molecular weight excluding hydrogens is 320 g/mol. The fourth-order valence-corrected chi connectivity index (χ4v) is 5.39. The van der Waals surface area contributed by atoms with Gasteiger partial charge in [-0.2, -0.15) is 11.8 Å². The van der Waals surface area contributed by atoms with Crippen molar-refractivity contribution in [1.82, 2.24) is 10.2 Å². The van der Waals surface area contributed by atoms with Crippen LogP contribution in [0.4, 0.5) is 0 Å². The van der Waals surface area contributed by atoms with Crippen molar-refractivity contribution in [3.8, 4) is 5.75 Å². The number of ether oxygens (including phenoxy) is 1. The van der Waals surface area contributed by atoms with Gasteiger partial charge in [-0.25, -0.2) is 0 Å². The van der Waals surface area contributed by atoms with Gasteiger partial charge in [0.15, 0.2) is 0 Å². The molecule has 24 heavy (non-hydrogen) atoms. The predicted molar refractivity (Wildman–Crippen MR) is 97.5 cm³/mol. The molecule has 2 atom stereocenters. The number of fused-ring (bicyclic) bond motifs is 1. The van der Waals surface area contributed by atoms with Crippen LogP contribution in [0.2, 0.25) is 0 Å². The molecule has 4 nitrogen and oxygen atoms in total. The van der Waals surface area contributed by atoms with E-state index in [1.807, 2.05) is 30.0 Å². The minimum Gasteiger partial charge on any atom is -0.487 e. The number of amides is 1. The first-order valence-corrected chi connectivity index (χ1v) is 10.2. The summed E-state index contributed by atoms with van der Waals surface area (Å²) in [4.78, 5) is 14.8. The summed E-state index contributed by atoms with van der Waals surface area (Å²) in [7, 11) is 2.07. The predicted octanol–water partition coefficient (Wildman–Crippen LogP) is 2.99. The molecule has 2 aliphatic heterocycles. The Morgan fingerprint density at radius 2 is 2.25 bits per heavy atom. The van der Waals surface area contributed by atoms with E-state index in [9.17, 15) is 4.79 Å². The van der Waals surface area contributed by atoms with E-state index in [2.05, 4.69) is 23.3 Å². The van der Waals surface area contributed by atoms with Gasteiger partial charge in [0.25, 0.3) is 0 Å². The molecule has 1 N–H and O–H groups in total. The van der Waals surface area contributed by atoms with Crippen molar-refractivity contribution >= 4 is 17.7 Å². The summed E-state index contributed by atoms with van der Waals surface area (Å²) in [5.41, 5.74) is 1.09. The van der Waals surface area contributed by atoms with E-state index in [4.69, 9.17) is 4.74 Å². The van der Waals surface area contributed by atoms with Gasteiger partial charge in [0, 0.05) is 23.8 Å². The van der Waals surface area contributed by atoms with Crippen LogP contribution in [0.25, 0.3) is 0 Å². The SMILES string of the molecule is CN(CC(=O)N[C@H]1CC2(CCC2)Oc2ccccc21)[C@@H]1CCSC1. The lowest BCUT2D eigenvalue weighted by Crippen LogP contribution is -2.50. The lowest BCUT2D eigenvalue weighted by atomic mass is 9.73. The Morgan fingerprint density at radius 3 is 2.96 bits per heavy atom. The van der Waals surface area contributed by atoms with Gasteiger partial charge >= 0.3 is 0 Å². The van der Waals surface area contributed by atoms with E-state index < -0.39 is 0 Å². The molecular formula is C19H26N2O2S. The molecule has 1 saturated carbocycles. The first kappa shape index (κ1) is 16.3. The molecule has 130 valence electrons. The zero-order chi connectivity index (χ0) is 16.6. The van der Waals surface area contributed by atoms with Crippen LogP contribution in [0, 0.1) is 0 Å². The second-order valence-electron chi connectivity index (χ2n) is 7.43. The number of para-hydroxylation sites is 1. The largest absolute Gasteiger partial charge is 0.487 e. The second kappa shape index (κ2) is 6.60. The van der Waals surface area contributed by atoms with Crippen molar-refractivity contribution in [2.75, 3.05) is 25.1 Å². The number of thioether (sulfide) groups is 1. The van der Waals surface area contributed by atoms with E-state index in [-0.39, 0.29) is 17.6 Å². The van der Waals surface area contributed by atoms with Gasteiger partial charge in [-0.15, -0.1) is 0 Å². The monoisotopic (exact) mass is 346 g/mol. The summed E-state index contributed by atoms with van der Waals surface area (Å²) in [5, 5.41) is 3.29. The Bertz CT molecular complexity index is 611. The maximum atomic E-state index is 12.6. The van der Waals surface area contributed by atoms with Crippen LogP contribution < -0.4 is 10.1 Å². The van der Waals surface area contributed by atoms with Crippen LogP contribution in [0.3, 0.4) is 0 Å². The summed E-state index contributed by atoms with van der Waals surface area (Å²) in [6.45, 7) is 0.484. The third-order valence-corrected chi connectivity index (χ3v) is 6.86. The molecule has 2 heterocycles. The highest BCUT2D eigenvalue weighted by Crippen LogP contribution is 2.48. The maximum absolute atomic E-state index is 12.6. The molecule has 0 unspecified atom stereocenters. The first-order valence-electron chi connectivity index (χ1n) is 9.01. The van der Waals surface area contributed by atoms with Crippen molar-refractivity contribution in [2.45, 2.75) is 49.8 Å². The Morgan fingerprint density at radius 1 is 1.42 bits per heavy atom. The van der Waals surface area contributed by atoms with Crippen LogP contribution in [-0.2, 0) is 4.79 Å². The molecule has 0 bridgehead atoms. The summed E-state index contributed by atoms with van der Waals surface area (Å²) < 4.78 is 6.27. The van der Waals surface area contributed by atoms with Crippen molar-refractivity contribution in [2.24, 2.45) is 0 Å². The second-order valence-corrected chi connectivity index (χ2v) is 8.58. The Kier molecular flexibility index (Phi) is 4.48. The molecule has 1 aromatic carbocycles. The van der Waals surface area contributed by atoms with Crippen LogP contribution in [0.5, 0.6) is 5.75 Å². The average Bonchev–Trinajstić information content (AvgIpc) is 3.07. The highest BCUT2D eigenvalue weighted by atomic mass is 32.2. The van der Waals surface area contributed by atoms with Gasteiger partial charge < -0.3 is 10.1 Å². The lowest BCUT2D eigenvalue weighted by molar-refractivity contribution is -0.124. The van der Waals surface area contributed by atoms with E-state index in [0.717, 1.165) is 36.3 Å². The smallest absolute Gasteiger partial charge is 0.234 e. The Labute approximate surface area is 148 Å². The van der Waals surface area contributed by atoms with E-state index in [1.54, 1.807) is 0 Å². The molecule has 0 aromatic heterocycles. The Hall–Kier alpha value is -1.20. The quantitative estimate of drug-likeness (QED) is 0.910. The van der Waals surface area contributed by atoms with Crippen LogP contribution >= 0.6 is 11.8 Å². The van der Waals surface area contributed by atoms with Gasteiger partial charge in [0.1, 0.15) is 11.4 Å². The number of carbonyl (C=O) groups is 1. The summed E-state index contributed by atoms with van der Waals surface area (Å²) in [6, 6.07) is 8.79. The van der Waals surface area contributed by atoms with E-state index in [1.165, 1.54) is 18.6 Å². The molecule has 1 saturated heterocycles. The maximum Gasteiger partial charge on any atom is 0.234 e. The molecule has 1 amide bonds. The fourth-order valence-electron chi connectivity index (χ4n) is 4.09. The van der Waals surface area contributed by atoms with Crippen LogP contribution in [0.1, 0.15) is 43.7 Å². The van der Waals surface area contributed by atoms with Gasteiger partial charge in [-0.05, 0) is 44.6 Å². The summed E-state index contributed by atoms with van der Waals surface area (Å²) >= 11 is 1.98.